The molecule has 162 valence electrons. The molecule has 0 unspecified atom stereocenters. The van der Waals surface area contributed by atoms with Crippen molar-refractivity contribution in [1.29, 1.82) is 0 Å². The van der Waals surface area contributed by atoms with Crippen LogP contribution in [0.15, 0.2) is 78.9 Å². The van der Waals surface area contributed by atoms with E-state index in [-0.39, 0.29) is 0 Å². The predicted octanol–water partition coefficient (Wildman–Crippen LogP) is 6.82. The zero-order chi connectivity index (χ0) is 22.4. The van der Waals surface area contributed by atoms with Gasteiger partial charge in [0, 0.05) is 53.6 Å². The van der Waals surface area contributed by atoms with Crippen molar-refractivity contribution in [3.63, 3.8) is 0 Å². The zero-order valence-corrected chi connectivity index (χ0v) is 19.1. The minimum absolute atomic E-state index is 0.885. The summed E-state index contributed by atoms with van der Waals surface area (Å²) in [4.78, 5) is 7.35. The second kappa shape index (κ2) is 6.55. The zero-order valence-electron chi connectivity index (χ0n) is 18.3. The molecule has 34 heavy (non-hydrogen) atoms. The second-order valence-electron chi connectivity index (χ2n) is 9.17. The molecule has 3 nitrogen and oxygen atoms in total. The minimum Gasteiger partial charge on any atom is -0.355 e. The molecule has 0 fully saturated rings. The molecule has 8 rings (SSSR count). The third-order valence-electron chi connectivity index (χ3n) is 7.37. The third kappa shape index (κ3) is 2.27. The Morgan fingerprint density at radius 1 is 0.706 bits per heavy atom. The number of fused-ring (bicyclic) bond motifs is 10. The molecule has 7 aromatic rings. The van der Waals surface area contributed by atoms with Crippen LogP contribution < -0.4 is 10.6 Å². The van der Waals surface area contributed by atoms with Crippen LogP contribution in [0.2, 0.25) is 0 Å². The van der Waals surface area contributed by atoms with Gasteiger partial charge in [-0.05, 0) is 37.1 Å². The van der Waals surface area contributed by atoms with E-state index in [4.69, 9.17) is 11.6 Å². The van der Waals surface area contributed by atoms with Gasteiger partial charge in [0.25, 0.3) is 0 Å². The molecular formula is C30H20ClN3. The first-order valence-electron chi connectivity index (χ1n) is 11.7. The quantitative estimate of drug-likeness (QED) is 0.271. The van der Waals surface area contributed by atoms with Crippen molar-refractivity contribution in [2.75, 3.05) is 0 Å². The van der Waals surface area contributed by atoms with Gasteiger partial charge in [0.05, 0.1) is 22.2 Å². The van der Waals surface area contributed by atoms with Crippen molar-refractivity contribution in [3.05, 3.63) is 89.4 Å². The van der Waals surface area contributed by atoms with Crippen LogP contribution in [0.1, 0.15) is 12.8 Å². The van der Waals surface area contributed by atoms with Crippen molar-refractivity contribution in [2.45, 2.75) is 12.8 Å². The number of para-hydroxylation sites is 3. The van der Waals surface area contributed by atoms with Gasteiger partial charge in [0.15, 0.2) is 0 Å². The second-order valence-corrected chi connectivity index (χ2v) is 9.62. The number of nitrogens with zero attached hydrogens (tertiary/aromatic N) is 1. The molecule has 1 aliphatic rings. The standard InChI is InChI=1S/C30H20ClN3/c31-21-10-6-12-23-27(21)28-24(32-23)16-15-20-18-8-2-4-13-25(18)34(30(20)28)26-14-5-9-19-17-7-1-3-11-22(17)33-29(19)26/h1-5,7-9,11-16,32-33H,6,10H2. The summed E-state index contributed by atoms with van der Waals surface area (Å²) in [6.45, 7) is 0. The normalized spacial score (nSPS) is 14.0. The monoisotopic (exact) mass is 457 g/mol. The lowest BCUT2D eigenvalue weighted by atomic mass is 10.1. The number of nitrogens with one attached hydrogen (secondary N) is 2. The molecule has 0 spiro atoms. The smallest absolute Gasteiger partial charge is 0.0709 e. The van der Waals surface area contributed by atoms with Crippen molar-refractivity contribution < 1.29 is 0 Å². The Kier molecular flexibility index (Phi) is 3.56. The molecule has 0 radical (unpaired) electrons. The van der Waals surface area contributed by atoms with Gasteiger partial charge >= 0.3 is 0 Å². The van der Waals surface area contributed by atoms with E-state index in [1.54, 1.807) is 0 Å². The average molecular weight is 458 g/mol. The van der Waals surface area contributed by atoms with Gasteiger partial charge in [-0.25, -0.2) is 0 Å². The number of rotatable bonds is 1. The van der Waals surface area contributed by atoms with E-state index in [0.717, 1.165) is 50.7 Å². The van der Waals surface area contributed by atoms with Gasteiger partial charge in [-0.3, -0.25) is 0 Å². The first-order chi connectivity index (χ1) is 16.8. The van der Waals surface area contributed by atoms with Crippen molar-refractivity contribution in [1.82, 2.24) is 14.5 Å². The van der Waals surface area contributed by atoms with Crippen LogP contribution in [-0.2, 0) is 0 Å². The summed E-state index contributed by atoms with van der Waals surface area (Å²) in [5.41, 5.74) is 6.98. The fraction of sp³-hybridized carbons (Fsp3) is 0.0667. The van der Waals surface area contributed by atoms with Crippen LogP contribution in [-0.4, -0.2) is 14.5 Å². The van der Waals surface area contributed by atoms with E-state index in [1.807, 2.05) is 0 Å². The molecule has 2 N–H and O–H groups in total. The summed E-state index contributed by atoms with van der Waals surface area (Å²) in [6, 6.07) is 28.3. The van der Waals surface area contributed by atoms with Crippen LogP contribution in [0.25, 0.3) is 71.3 Å². The third-order valence-corrected chi connectivity index (χ3v) is 7.75. The Morgan fingerprint density at radius 3 is 2.47 bits per heavy atom. The van der Waals surface area contributed by atoms with E-state index in [1.165, 1.54) is 38.0 Å². The highest BCUT2D eigenvalue weighted by molar-refractivity contribution is 6.45. The summed E-state index contributed by atoms with van der Waals surface area (Å²) >= 11 is 6.87. The molecule has 0 bridgehead atoms. The lowest BCUT2D eigenvalue weighted by Crippen LogP contribution is -2.27. The van der Waals surface area contributed by atoms with Gasteiger partial charge in [0.1, 0.15) is 0 Å². The fourth-order valence-corrected chi connectivity index (χ4v) is 6.26. The highest BCUT2D eigenvalue weighted by atomic mass is 35.5. The number of H-pyrrole nitrogens is 2. The van der Waals surface area contributed by atoms with E-state index < -0.39 is 0 Å². The maximum atomic E-state index is 6.87. The Hall–Kier alpha value is -3.95. The van der Waals surface area contributed by atoms with Crippen LogP contribution in [0.3, 0.4) is 0 Å². The molecule has 4 aromatic carbocycles. The maximum Gasteiger partial charge on any atom is 0.0709 e. The largest absolute Gasteiger partial charge is 0.355 e. The summed E-state index contributed by atoms with van der Waals surface area (Å²) in [7, 11) is 0. The summed E-state index contributed by atoms with van der Waals surface area (Å²) in [5.74, 6) is 0. The topological polar surface area (TPSA) is 36.5 Å². The molecule has 3 aromatic heterocycles. The molecular weight excluding hydrogens is 438 g/mol. The Labute approximate surface area is 199 Å². The van der Waals surface area contributed by atoms with E-state index in [9.17, 15) is 0 Å². The number of hydrogen-bond donors (Lipinski definition) is 2. The Balaban J connectivity index is 1.67. The number of aromatic amines is 2. The Morgan fingerprint density at radius 2 is 1.53 bits per heavy atom. The predicted molar refractivity (Wildman–Crippen MR) is 144 cm³/mol. The van der Waals surface area contributed by atoms with E-state index in [0.29, 0.717) is 0 Å². The minimum atomic E-state index is 0.885. The molecule has 0 amide bonds. The average Bonchev–Trinajstić information content (AvgIpc) is 3.53. The molecule has 3 heterocycles. The lowest BCUT2D eigenvalue weighted by Gasteiger charge is -2.11. The van der Waals surface area contributed by atoms with Gasteiger partial charge in [0.2, 0.25) is 0 Å². The summed E-state index contributed by atoms with van der Waals surface area (Å²) < 4.78 is 2.43. The maximum absolute atomic E-state index is 6.87. The van der Waals surface area contributed by atoms with Crippen LogP contribution >= 0.6 is 11.6 Å². The molecule has 4 heteroatoms. The van der Waals surface area contributed by atoms with Crippen molar-refractivity contribution >= 4 is 77.2 Å². The Bertz CT molecular complexity index is 2080. The first kappa shape index (κ1) is 18.5. The number of hydrogen-bond acceptors (Lipinski definition) is 0. The molecule has 0 saturated carbocycles. The molecule has 0 atom stereocenters. The van der Waals surface area contributed by atoms with Crippen LogP contribution in [0.4, 0.5) is 0 Å². The van der Waals surface area contributed by atoms with Crippen molar-refractivity contribution in [3.8, 4) is 5.69 Å². The summed E-state index contributed by atoms with van der Waals surface area (Å²) in [6.07, 6.45) is 4.13. The number of halogens is 1. The van der Waals surface area contributed by atoms with Crippen molar-refractivity contribution in [2.24, 2.45) is 0 Å². The number of benzene rings is 4. The lowest BCUT2D eigenvalue weighted by molar-refractivity contribution is 1.09. The van der Waals surface area contributed by atoms with Crippen LogP contribution in [0.5, 0.6) is 0 Å². The van der Waals surface area contributed by atoms with E-state index in [2.05, 4.69) is 99.5 Å². The van der Waals surface area contributed by atoms with E-state index >= 15 is 0 Å². The first-order valence-corrected chi connectivity index (χ1v) is 12.1. The molecule has 0 saturated heterocycles. The van der Waals surface area contributed by atoms with Gasteiger partial charge in [-0.15, -0.1) is 0 Å². The van der Waals surface area contributed by atoms with Gasteiger partial charge in [-0.1, -0.05) is 72.3 Å². The van der Waals surface area contributed by atoms with Gasteiger partial charge in [-0.2, -0.15) is 0 Å². The highest BCUT2D eigenvalue weighted by Crippen LogP contribution is 2.38. The highest BCUT2D eigenvalue weighted by Gasteiger charge is 2.20. The molecule has 0 aliphatic heterocycles. The van der Waals surface area contributed by atoms with Gasteiger partial charge < -0.3 is 14.5 Å². The molecule has 1 aliphatic carbocycles. The van der Waals surface area contributed by atoms with Crippen LogP contribution in [0, 0.1) is 0 Å². The number of aromatic nitrogens is 3. The summed E-state index contributed by atoms with van der Waals surface area (Å²) in [5, 5.41) is 9.41. The SMILES string of the molecule is ClC1=c2c([nH]c3ccc4c5ccccc5n(-c5cccc6c5[nH]c5ccccc56)c4c23)=CCC1. The fourth-order valence-electron chi connectivity index (χ4n) is 5.95.